The Morgan fingerprint density at radius 1 is 1.26 bits per heavy atom. The predicted octanol–water partition coefficient (Wildman–Crippen LogP) is 1.73. The molecule has 5 heteroatoms. The number of fused-ring (bicyclic) bond motifs is 1. The van der Waals surface area contributed by atoms with Crippen LogP contribution in [0.2, 0.25) is 0 Å². The first-order valence-electron chi connectivity index (χ1n) is 6.96. The van der Waals surface area contributed by atoms with E-state index in [1.165, 1.54) is 12.8 Å². The van der Waals surface area contributed by atoms with E-state index in [-0.39, 0.29) is 5.75 Å². The van der Waals surface area contributed by atoms with E-state index in [2.05, 4.69) is 5.32 Å². The monoisotopic (exact) mass is 280 g/mol. The molecule has 0 saturated heterocycles. The summed E-state index contributed by atoms with van der Waals surface area (Å²) in [5.74, 6) is 0.932. The number of sulfonamides is 1. The van der Waals surface area contributed by atoms with Crippen molar-refractivity contribution in [1.29, 1.82) is 0 Å². The Morgan fingerprint density at radius 2 is 2.05 bits per heavy atom. The Morgan fingerprint density at radius 3 is 2.84 bits per heavy atom. The van der Waals surface area contributed by atoms with Crippen molar-refractivity contribution < 1.29 is 8.42 Å². The fourth-order valence-electron chi connectivity index (χ4n) is 2.55. The molecule has 1 aromatic rings. The van der Waals surface area contributed by atoms with Crippen LogP contribution >= 0.6 is 0 Å². The molecular formula is C14H20N2O2S. The number of hydrogen-bond acceptors (Lipinski definition) is 3. The third-order valence-corrected chi connectivity index (χ3v) is 5.69. The minimum absolute atomic E-state index is 0.284. The average Bonchev–Trinajstić information content (AvgIpc) is 3.22. The Hall–Kier alpha value is -1.07. The Kier molecular flexibility index (Phi) is 3.50. The molecule has 1 aromatic carbocycles. The summed E-state index contributed by atoms with van der Waals surface area (Å²) in [6, 6.07) is 7.78. The molecule has 0 aromatic heterocycles. The second-order valence-electron chi connectivity index (χ2n) is 5.43. The quantitative estimate of drug-likeness (QED) is 0.913. The minimum atomic E-state index is -3.18. The standard InChI is InChI=1S/C14H20N2O2S/c17-19(18,10-7-12-5-6-12)16-9-8-15-11-13-3-1-2-4-14(13)16/h1-4,12,15H,5-11H2. The van der Waals surface area contributed by atoms with E-state index < -0.39 is 10.0 Å². The molecule has 1 heterocycles. The Labute approximate surface area is 114 Å². The topological polar surface area (TPSA) is 49.4 Å². The van der Waals surface area contributed by atoms with E-state index >= 15 is 0 Å². The van der Waals surface area contributed by atoms with Gasteiger partial charge in [-0.15, -0.1) is 0 Å². The molecular weight excluding hydrogens is 260 g/mol. The van der Waals surface area contributed by atoms with Crippen LogP contribution in [0, 0.1) is 5.92 Å². The van der Waals surface area contributed by atoms with Gasteiger partial charge in [0.15, 0.2) is 0 Å². The molecule has 2 aliphatic rings. The summed E-state index contributed by atoms with van der Waals surface area (Å²) in [6.45, 7) is 1.98. The van der Waals surface area contributed by atoms with Crippen LogP contribution in [0.1, 0.15) is 24.8 Å². The zero-order chi connectivity index (χ0) is 13.3. The minimum Gasteiger partial charge on any atom is -0.311 e. The van der Waals surface area contributed by atoms with Crippen LogP contribution in [-0.2, 0) is 16.6 Å². The van der Waals surface area contributed by atoms with E-state index in [9.17, 15) is 8.42 Å². The lowest BCUT2D eigenvalue weighted by Gasteiger charge is -2.24. The van der Waals surface area contributed by atoms with Gasteiger partial charge in [0.1, 0.15) is 0 Å². The summed E-state index contributed by atoms with van der Waals surface area (Å²) in [5, 5.41) is 3.28. The summed E-state index contributed by atoms with van der Waals surface area (Å²) in [6.07, 6.45) is 3.22. The molecule has 0 atom stereocenters. The van der Waals surface area contributed by atoms with Gasteiger partial charge in [-0.05, 0) is 24.0 Å². The lowest BCUT2D eigenvalue weighted by Crippen LogP contribution is -2.36. The van der Waals surface area contributed by atoms with Crippen LogP contribution in [0.15, 0.2) is 24.3 Å². The summed E-state index contributed by atoms with van der Waals surface area (Å²) >= 11 is 0. The van der Waals surface area contributed by atoms with Gasteiger partial charge >= 0.3 is 0 Å². The molecule has 3 rings (SSSR count). The van der Waals surface area contributed by atoms with Gasteiger partial charge in [0.2, 0.25) is 10.0 Å². The molecule has 0 radical (unpaired) electrons. The highest BCUT2D eigenvalue weighted by atomic mass is 32.2. The van der Waals surface area contributed by atoms with Gasteiger partial charge in [-0.3, -0.25) is 4.31 Å². The Bertz CT molecular complexity index is 552. The molecule has 19 heavy (non-hydrogen) atoms. The van der Waals surface area contributed by atoms with E-state index in [4.69, 9.17) is 0 Å². The summed E-state index contributed by atoms with van der Waals surface area (Å²) < 4.78 is 26.7. The predicted molar refractivity (Wildman–Crippen MR) is 76.6 cm³/mol. The lowest BCUT2D eigenvalue weighted by atomic mass is 10.2. The number of anilines is 1. The molecule has 0 unspecified atom stereocenters. The molecule has 104 valence electrons. The van der Waals surface area contributed by atoms with Crippen molar-refractivity contribution in [2.24, 2.45) is 5.92 Å². The fourth-order valence-corrected chi connectivity index (χ4v) is 4.25. The molecule has 4 nitrogen and oxygen atoms in total. The number of benzene rings is 1. The maximum absolute atomic E-state index is 12.5. The smallest absolute Gasteiger partial charge is 0.235 e. The van der Waals surface area contributed by atoms with E-state index in [1.54, 1.807) is 4.31 Å². The average molecular weight is 280 g/mol. The second kappa shape index (κ2) is 5.13. The molecule has 0 spiro atoms. The van der Waals surface area contributed by atoms with Crippen LogP contribution in [0.3, 0.4) is 0 Å². The third kappa shape index (κ3) is 2.92. The molecule has 1 aliphatic heterocycles. The highest BCUT2D eigenvalue weighted by Crippen LogP contribution is 2.33. The van der Waals surface area contributed by atoms with Gasteiger partial charge in [0.05, 0.1) is 11.4 Å². The first kappa shape index (κ1) is 12.9. The van der Waals surface area contributed by atoms with Crippen molar-refractivity contribution in [3.8, 4) is 0 Å². The van der Waals surface area contributed by atoms with E-state index in [0.717, 1.165) is 24.2 Å². The summed E-state index contributed by atoms with van der Waals surface area (Å²) in [5.41, 5.74) is 1.92. The van der Waals surface area contributed by atoms with Crippen LogP contribution in [0.25, 0.3) is 0 Å². The van der Waals surface area contributed by atoms with E-state index in [1.807, 2.05) is 24.3 Å². The largest absolute Gasteiger partial charge is 0.311 e. The van der Waals surface area contributed by atoms with Gasteiger partial charge in [-0.25, -0.2) is 8.42 Å². The molecule has 1 fully saturated rings. The zero-order valence-corrected chi connectivity index (χ0v) is 11.8. The second-order valence-corrected chi connectivity index (χ2v) is 7.44. The molecule has 1 aliphatic carbocycles. The number of para-hydroxylation sites is 1. The van der Waals surface area contributed by atoms with Gasteiger partial charge in [-0.1, -0.05) is 31.0 Å². The number of nitrogens with zero attached hydrogens (tertiary/aromatic N) is 1. The highest BCUT2D eigenvalue weighted by Gasteiger charge is 2.29. The summed E-state index contributed by atoms with van der Waals surface area (Å²) in [7, 11) is -3.18. The van der Waals surface area contributed by atoms with Crippen molar-refractivity contribution in [3.05, 3.63) is 29.8 Å². The first-order valence-corrected chi connectivity index (χ1v) is 8.57. The molecule has 1 saturated carbocycles. The van der Waals surface area contributed by atoms with Gasteiger partial charge in [-0.2, -0.15) is 0 Å². The van der Waals surface area contributed by atoms with Crippen molar-refractivity contribution >= 4 is 15.7 Å². The lowest BCUT2D eigenvalue weighted by molar-refractivity contribution is 0.584. The third-order valence-electron chi connectivity index (χ3n) is 3.88. The van der Waals surface area contributed by atoms with Crippen molar-refractivity contribution in [3.63, 3.8) is 0 Å². The van der Waals surface area contributed by atoms with Crippen molar-refractivity contribution in [1.82, 2.24) is 5.32 Å². The zero-order valence-electron chi connectivity index (χ0n) is 11.0. The van der Waals surface area contributed by atoms with Crippen molar-refractivity contribution in [2.75, 3.05) is 23.1 Å². The summed E-state index contributed by atoms with van der Waals surface area (Å²) in [4.78, 5) is 0. The number of hydrogen-bond donors (Lipinski definition) is 1. The van der Waals surface area contributed by atoms with Gasteiger partial charge in [0.25, 0.3) is 0 Å². The number of rotatable bonds is 4. The van der Waals surface area contributed by atoms with Crippen LogP contribution in [-0.4, -0.2) is 27.3 Å². The van der Waals surface area contributed by atoms with Crippen molar-refractivity contribution in [2.45, 2.75) is 25.8 Å². The first-order chi connectivity index (χ1) is 9.17. The fraction of sp³-hybridized carbons (Fsp3) is 0.571. The maximum atomic E-state index is 12.5. The number of nitrogens with one attached hydrogen (secondary N) is 1. The molecule has 1 N–H and O–H groups in total. The Balaban J connectivity index is 1.85. The van der Waals surface area contributed by atoms with E-state index in [0.29, 0.717) is 19.0 Å². The maximum Gasteiger partial charge on any atom is 0.235 e. The van der Waals surface area contributed by atoms with Crippen LogP contribution in [0.5, 0.6) is 0 Å². The SMILES string of the molecule is O=S(=O)(CCC1CC1)N1CCNCc2ccccc21. The van der Waals surface area contributed by atoms with Crippen LogP contribution < -0.4 is 9.62 Å². The normalized spacial score (nSPS) is 19.9. The van der Waals surface area contributed by atoms with Gasteiger partial charge < -0.3 is 5.32 Å². The van der Waals surface area contributed by atoms with Crippen LogP contribution in [0.4, 0.5) is 5.69 Å². The molecule has 0 bridgehead atoms. The van der Waals surface area contributed by atoms with Gasteiger partial charge in [0, 0.05) is 19.6 Å². The highest BCUT2D eigenvalue weighted by molar-refractivity contribution is 7.92. The molecule has 0 amide bonds.